The summed E-state index contributed by atoms with van der Waals surface area (Å²) < 4.78 is 16.0. The molecule has 9 nitrogen and oxygen atoms in total. The van der Waals surface area contributed by atoms with Crippen LogP contribution in [0.3, 0.4) is 0 Å². The van der Waals surface area contributed by atoms with E-state index in [1.54, 1.807) is 6.08 Å². The van der Waals surface area contributed by atoms with Crippen LogP contribution < -0.4 is 0 Å². The van der Waals surface area contributed by atoms with Crippen molar-refractivity contribution in [3.05, 3.63) is 23.3 Å². The van der Waals surface area contributed by atoms with Gasteiger partial charge in [0, 0.05) is 17.1 Å². The summed E-state index contributed by atoms with van der Waals surface area (Å²) in [5.74, 6) is -0.263. The van der Waals surface area contributed by atoms with Gasteiger partial charge in [0.1, 0.15) is 31.0 Å². The quantitative estimate of drug-likeness (QED) is 0.403. The minimum atomic E-state index is -1.63. The van der Waals surface area contributed by atoms with Crippen LogP contribution in [-0.4, -0.2) is 76.3 Å². The van der Waals surface area contributed by atoms with E-state index in [-0.39, 0.29) is 17.3 Å². The second-order valence-electron chi connectivity index (χ2n) is 11.1. The minimum Gasteiger partial charge on any atom is -0.458 e. The first kappa shape index (κ1) is 26.3. The minimum absolute atomic E-state index is 0.0671. The van der Waals surface area contributed by atoms with Gasteiger partial charge in [-0.2, -0.15) is 0 Å². The number of cyclic esters (lactones) is 1. The Kier molecular flexibility index (Phi) is 7.46. The molecule has 9 atom stereocenters. The Morgan fingerprint density at radius 3 is 2.57 bits per heavy atom. The van der Waals surface area contributed by atoms with Crippen molar-refractivity contribution in [2.75, 3.05) is 13.2 Å². The number of aliphatic hydroxyl groups excluding tert-OH is 4. The highest BCUT2D eigenvalue weighted by Crippen LogP contribution is 2.62. The predicted molar refractivity (Wildman–Crippen MR) is 124 cm³/mol. The molecule has 0 amide bonds. The largest absolute Gasteiger partial charge is 0.458 e. The Hall–Kier alpha value is -1.78. The van der Waals surface area contributed by atoms with E-state index >= 15 is 0 Å². The summed E-state index contributed by atoms with van der Waals surface area (Å²) in [5.41, 5.74) is 1.04. The van der Waals surface area contributed by atoms with Crippen molar-refractivity contribution in [3.8, 4) is 0 Å². The van der Waals surface area contributed by atoms with Gasteiger partial charge in [0.25, 0.3) is 0 Å². The van der Waals surface area contributed by atoms with Crippen molar-refractivity contribution in [1.29, 1.82) is 0 Å². The highest BCUT2D eigenvalue weighted by molar-refractivity contribution is 5.90. The van der Waals surface area contributed by atoms with Crippen molar-refractivity contribution in [2.24, 2.45) is 22.7 Å². The number of carbonyl (C=O) groups is 2. The summed E-state index contributed by atoms with van der Waals surface area (Å²) in [6.45, 7) is 6.40. The van der Waals surface area contributed by atoms with E-state index in [2.05, 4.69) is 20.8 Å². The predicted octanol–water partition coefficient (Wildman–Crippen LogP) is 1.37. The topological polar surface area (TPSA) is 143 Å². The van der Waals surface area contributed by atoms with Crippen LogP contribution in [0.4, 0.5) is 0 Å². The number of rotatable bonds is 6. The highest BCUT2D eigenvalue weighted by Gasteiger charge is 2.56. The van der Waals surface area contributed by atoms with Crippen LogP contribution in [0.25, 0.3) is 0 Å². The van der Waals surface area contributed by atoms with Gasteiger partial charge < -0.3 is 34.6 Å². The van der Waals surface area contributed by atoms with Crippen LogP contribution in [0.2, 0.25) is 0 Å². The maximum atomic E-state index is 13.4. The molecule has 0 bridgehead atoms. The van der Waals surface area contributed by atoms with Crippen molar-refractivity contribution >= 4 is 11.9 Å². The molecule has 0 aromatic rings. The Labute approximate surface area is 205 Å². The fourth-order valence-corrected chi connectivity index (χ4v) is 6.75. The van der Waals surface area contributed by atoms with E-state index in [0.717, 1.165) is 37.7 Å². The summed E-state index contributed by atoms with van der Waals surface area (Å²) in [6.07, 6.45) is 1.14. The van der Waals surface area contributed by atoms with E-state index in [1.165, 1.54) is 0 Å². The molecule has 9 heteroatoms. The van der Waals surface area contributed by atoms with Gasteiger partial charge in [0.2, 0.25) is 6.29 Å². The van der Waals surface area contributed by atoms with Crippen LogP contribution in [-0.2, 0) is 23.8 Å². The van der Waals surface area contributed by atoms with Crippen molar-refractivity contribution in [1.82, 2.24) is 0 Å². The SMILES string of the molecule is C[C@@H]1CC[C@]2(C)C(C(=O)O[C@@H]3O[C@H](CO)[C@@H](O)[C@H](O)[C@H]3O)=CCC[C@@H]2[C@@]1(C)CCC1=CC(=O)OC1. The molecule has 196 valence electrons. The molecule has 0 aromatic heterocycles. The molecular weight excluding hydrogens is 456 g/mol. The first-order valence-corrected chi connectivity index (χ1v) is 12.6. The zero-order valence-electron chi connectivity index (χ0n) is 20.7. The van der Waals surface area contributed by atoms with E-state index < -0.39 is 48.7 Å². The van der Waals surface area contributed by atoms with Gasteiger partial charge in [-0.25, -0.2) is 9.59 Å². The van der Waals surface area contributed by atoms with Gasteiger partial charge in [0.15, 0.2) is 0 Å². The lowest BCUT2D eigenvalue weighted by Crippen LogP contribution is -2.59. The number of hydrogen-bond acceptors (Lipinski definition) is 9. The fraction of sp³-hybridized carbons (Fsp3) is 0.769. The molecule has 2 aliphatic heterocycles. The molecule has 0 spiro atoms. The first-order chi connectivity index (χ1) is 16.5. The molecule has 35 heavy (non-hydrogen) atoms. The van der Waals surface area contributed by atoms with Crippen molar-refractivity contribution < 1.29 is 44.2 Å². The van der Waals surface area contributed by atoms with Crippen molar-refractivity contribution in [2.45, 2.75) is 90.0 Å². The maximum Gasteiger partial charge on any atom is 0.336 e. The second kappa shape index (κ2) is 9.94. The summed E-state index contributed by atoms with van der Waals surface area (Å²) in [6, 6.07) is 0. The van der Waals surface area contributed by atoms with E-state index in [4.69, 9.17) is 14.2 Å². The molecular formula is C26H38O9. The Morgan fingerprint density at radius 1 is 1.17 bits per heavy atom. The van der Waals surface area contributed by atoms with E-state index in [1.807, 2.05) is 6.08 Å². The van der Waals surface area contributed by atoms with Gasteiger partial charge in [-0.1, -0.05) is 26.8 Å². The molecule has 0 aromatic carbocycles. The average Bonchev–Trinajstić information content (AvgIpc) is 3.25. The third kappa shape index (κ3) is 4.69. The van der Waals surface area contributed by atoms with Crippen LogP contribution in [0.1, 0.15) is 59.3 Å². The molecule has 0 unspecified atom stereocenters. The number of hydrogen-bond donors (Lipinski definition) is 4. The Morgan fingerprint density at radius 2 is 1.91 bits per heavy atom. The molecule has 4 N–H and O–H groups in total. The third-order valence-electron chi connectivity index (χ3n) is 9.20. The van der Waals surface area contributed by atoms with Crippen LogP contribution >= 0.6 is 0 Å². The molecule has 1 saturated carbocycles. The molecule has 4 aliphatic rings. The Bertz CT molecular complexity index is 895. The molecule has 2 fully saturated rings. The zero-order chi connectivity index (χ0) is 25.5. The summed E-state index contributed by atoms with van der Waals surface area (Å²) in [7, 11) is 0. The summed E-state index contributed by atoms with van der Waals surface area (Å²) >= 11 is 0. The Balaban J connectivity index is 1.52. The standard InChI is InChI=1S/C26H38O9/c1-14-7-9-26(3)16(23(32)35-24-22(31)21(30)20(29)17(12-27)34-24)5-4-6-18(26)25(14,2)10-8-15-11-19(28)33-13-15/h5,11,14,17-18,20-22,24,27,29-31H,4,6-10,12-13H2,1-3H3/t14-,17-,18-,20-,21+,22-,24+,25+,26-/m1/s1. The lowest BCUT2D eigenvalue weighted by Gasteiger charge is -2.58. The van der Waals surface area contributed by atoms with Gasteiger partial charge in [-0.05, 0) is 61.3 Å². The van der Waals surface area contributed by atoms with Gasteiger partial charge in [0.05, 0.1) is 6.61 Å². The lowest BCUT2D eigenvalue weighted by atomic mass is 9.46. The monoisotopic (exact) mass is 494 g/mol. The van der Waals surface area contributed by atoms with E-state index in [0.29, 0.717) is 24.5 Å². The molecule has 4 rings (SSSR count). The van der Waals surface area contributed by atoms with Gasteiger partial charge in [-0.15, -0.1) is 0 Å². The number of esters is 2. The molecule has 2 heterocycles. The number of aliphatic hydroxyl groups is 4. The van der Waals surface area contributed by atoms with E-state index in [9.17, 15) is 30.0 Å². The normalized spacial score (nSPS) is 43.6. The zero-order valence-corrected chi connectivity index (χ0v) is 20.7. The highest BCUT2D eigenvalue weighted by atomic mass is 16.7. The maximum absolute atomic E-state index is 13.4. The number of allylic oxidation sites excluding steroid dienone is 1. The van der Waals surface area contributed by atoms with Crippen molar-refractivity contribution in [3.63, 3.8) is 0 Å². The second-order valence-corrected chi connectivity index (χ2v) is 11.1. The average molecular weight is 495 g/mol. The van der Waals surface area contributed by atoms with Crippen LogP contribution in [0.5, 0.6) is 0 Å². The van der Waals surface area contributed by atoms with Crippen LogP contribution in [0.15, 0.2) is 23.3 Å². The smallest absolute Gasteiger partial charge is 0.336 e. The molecule has 2 aliphatic carbocycles. The number of fused-ring (bicyclic) bond motifs is 1. The molecule has 1 saturated heterocycles. The summed E-state index contributed by atoms with van der Waals surface area (Å²) in [5, 5.41) is 39.8. The third-order valence-corrected chi connectivity index (χ3v) is 9.20. The lowest BCUT2D eigenvalue weighted by molar-refractivity contribution is -0.291. The van der Waals surface area contributed by atoms with Crippen LogP contribution in [0, 0.1) is 22.7 Å². The number of carbonyl (C=O) groups excluding carboxylic acids is 2. The molecule has 0 radical (unpaired) electrons. The van der Waals surface area contributed by atoms with Gasteiger partial charge >= 0.3 is 11.9 Å². The number of ether oxygens (including phenoxy) is 3. The summed E-state index contributed by atoms with van der Waals surface area (Å²) in [4.78, 5) is 24.9. The fourth-order valence-electron chi connectivity index (χ4n) is 6.75. The first-order valence-electron chi connectivity index (χ1n) is 12.6. The van der Waals surface area contributed by atoms with Gasteiger partial charge in [-0.3, -0.25) is 0 Å².